The van der Waals surface area contributed by atoms with E-state index >= 15 is 0 Å². The average molecular weight is 481 g/mol. The van der Waals surface area contributed by atoms with Crippen molar-refractivity contribution in [1.82, 2.24) is 20.9 Å². The molecule has 2 aromatic carbocycles. The van der Waals surface area contributed by atoms with Crippen molar-refractivity contribution in [1.29, 1.82) is 0 Å². The SMILES string of the molecule is CCc1cccc(CNCCC(Cc2cc(F)cc(F)c2)NC(=O)CNC(=O)c2cccnc2)c1. The van der Waals surface area contributed by atoms with Crippen molar-refractivity contribution >= 4 is 11.8 Å². The highest BCUT2D eigenvalue weighted by molar-refractivity contribution is 5.96. The third-order valence-corrected chi connectivity index (χ3v) is 5.50. The number of hydrogen-bond acceptors (Lipinski definition) is 4. The van der Waals surface area contributed by atoms with Gasteiger partial charge in [0.1, 0.15) is 11.6 Å². The number of benzene rings is 2. The van der Waals surface area contributed by atoms with Gasteiger partial charge in [-0.15, -0.1) is 0 Å². The fourth-order valence-corrected chi connectivity index (χ4v) is 3.75. The molecule has 184 valence electrons. The molecule has 6 nitrogen and oxygen atoms in total. The van der Waals surface area contributed by atoms with Crippen molar-refractivity contribution in [3.05, 3.63) is 101 Å². The van der Waals surface area contributed by atoms with Crippen LogP contribution in [0.1, 0.15) is 40.4 Å². The fourth-order valence-electron chi connectivity index (χ4n) is 3.75. The monoisotopic (exact) mass is 480 g/mol. The lowest BCUT2D eigenvalue weighted by Gasteiger charge is -2.20. The molecule has 0 fully saturated rings. The summed E-state index contributed by atoms with van der Waals surface area (Å²) in [4.78, 5) is 28.6. The number of hydrogen-bond donors (Lipinski definition) is 3. The first-order valence-corrected chi connectivity index (χ1v) is 11.6. The van der Waals surface area contributed by atoms with Crippen LogP contribution in [-0.2, 0) is 24.2 Å². The quantitative estimate of drug-likeness (QED) is 0.346. The predicted octanol–water partition coefficient (Wildman–Crippen LogP) is 3.56. The summed E-state index contributed by atoms with van der Waals surface area (Å²) in [7, 11) is 0. The maximum atomic E-state index is 13.7. The Morgan fingerprint density at radius 2 is 1.74 bits per heavy atom. The van der Waals surface area contributed by atoms with E-state index in [-0.39, 0.29) is 24.9 Å². The predicted molar refractivity (Wildman–Crippen MR) is 131 cm³/mol. The number of amides is 2. The van der Waals surface area contributed by atoms with Crippen molar-refractivity contribution in [3.63, 3.8) is 0 Å². The number of aryl methyl sites for hydroxylation is 1. The lowest BCUT2D eigenvalue weighted by Crippen LogP contribution is -2.44. The molecule has 8 heteroatoms. The van der Waals surface area contributed by atoms with Crippen LogP contribution in [0.2, 0.25) is 0 Å². The molecule has 0 saturated carbocycles. The number of nitrogens with one attached hydrogen (secondary N) is 3. The Labute approximate surface area is 204 Å². The van der Waals surface area contributed by atoms with Crippen molar-refractivity contribution in [2.45, 2.75) is 38.8 Å². The van der Waals surface area contributed by atoms with Gasteiger partial charge in [-0.2, -0.15) is 0 Å². The van der Waals surface area contributed by atoms with Gasteiger partial charge in [0.15, 0.2) is 0 Å². The second-order valence-corrected chi connectivity index (χ2v) is 8.31. The Morgan fingerprint density at radius 3 is 2.46 bits per heavy atom. The van der Waals surface area contributed by atoms with Gasteiger partial charge in [0.25, 0.3) is 5.91 Å². The highest BCUT2D eigenvalue weighted by Crippen LogP contribution is 2.12. The molecule has 0 saturated heterocycles. The lowest BCUT2D eigenvalue weighted by molar-refractivity contribution is -0.120. The molecule has 0 spiro atoms. The molecule has 1 unspecified atom stereocenters. The molecule has 3 rings (SSSR count). The molecule has 2 amide bonds. The van der Waals surface area contributed by atoms with Gasteiger partial charge in [0.05, 0.1) is 12.1 Å². The first-order valence-electron chi connectivity index (χ1n) is 11.6. The van der Waals surface area contributed by atoms with Gasteiger partial charge in [0, 0.05) is 31.0 Å². The molecule has 1 atom stereocenters. The zero-order valence-corrected chi connectivity index (χ0v) is 19.7. The van der Waals surface area contributed by atoms with E-state index in [1.165, 1.54) is 23.9 Å². The highest BCUT2D eigenvalue weighted by Gasteiger charge is 2.15. The second-order valence-electron chi connectivity index (χ2n) is 8.31. The van der Waals surface area contributed by atoms with E-state index in [0.29, 0.717) is 30.6 Å². The number of aromatic nitrogens is 1. The van der Waals surface area contributed by atoms with Crippen molar-refractivity contribution < 1.29 is 18.4 Å². The molecule has 35 heavy (non-hydrogen) atoms. The molecule has 0 aliphatic heterocycles. The Hall–Kier alpha value is -3.65. The largest absolute Gasteiger partial charge is 0.351 e. The van der Waals surface area contributed by atoms with Gasteiger partial charge in [-0.25, -0.2) is 8.78 Å². The van der Waals surface area contributed by atoms with Gasteiger partial charge >= 0.3 is 0 Å². The minimum absolute atomic E-state index is 0.223. The molecule has 1 heterocycles. The molecule has 1 aromatic heterocycles. The Balaban J connectivity index is 1.56. The summed E-state index contributed by atoms with van der Waals surface area (Å²) in [5.41, 5.74) is 3.22. The van der Waals surface area contributed by atoms with Crippen LogP contribution < -0.4 is 16.0 Å². The molecule has 3 aromatic rings. The van der Waals surface area contributed by atoms with Gasteiger partial charge in [0.2, 0.25) is 5.91 Å². The number of rotatable bonds is 12. The molecule has 0 bridgehead atoms. The van der Waals surface area contributed by atoms with Crippen molar-refractivity contribution in [2.24, 2.45) is 0 Å². The van der Waals surface area contributed by atoms with Gasteiger partial charge in [-0.05, 0) is 66.8 Å². The Bertz CT molecular complexity index is 1100. The van der Waals surface area contributed by atoms with E-state index in [0.717, 1.165) is 18.1 Å². The van der Waals surface area contributed by atoms with Gasteiger partial charge in [-0.1, -0.05) is 31.2 Å². The van der Waals surface area contributed by atoms with Crippen LogP contribution in [0, 0.1) is 11.6 Å². The normalized spacial score (nSPS) is 11.6. The Kier molecular flexibility index (Phi) is 9.86. The average Bonchev–Trinajstić information content (AvgIpc) is 2.85. The summed E-state index contributed by atoms with van der Waals surface area (Å²) in [6.07, 6.45) is 4.72. The van der Waals surface area contributed by atoms with Crippen LogP contribution in [-0.4, -0.2) is 35.9 Å². The number of carbonyl (C=O) groups is 2. The second kappa shape index (κ2) is 13.3. The van der Waals surface area contributed by atoms with E-state index in [9.17, 15) is 18.4 Å². The standard InChI is InChI=1S/C27H30F2N4O2/c1-2-19-5-3-6-20(11-19)16-31-10-8-25(14-21-12-23(28)15-24(29)13-21)33-26(34)18-32-27(35)22-7-4-9-30-17-22/h3-7,9,11-13,15,17,25,31H,2,8,10,14,16,18H2,1H3,(H,32,35)(H,33,34). The van der Waals surface area contributed by atoms with Crippen LogP contribution in [0.25, 0.3) is 0 Å². The smallest absolute Gasteiger partial charge is 0.253 e. The maximum Gasteiger partial charge on any atom is 0.253 e. The minimum Gasteiger partial charge on any atom is -0.351 e. The minimum atomic E-state index is -0.664. The van der Waals surface area contributed by atoms with E-state index in [1.807, 2.05) is 12.1 Å². The summed E-state index contributed by atoms with van der Waals surface area (Å²) < 4.78 is 27.4. The highest BCUT2D eigenvalue weighted by atomic mass is 19.1. The van der Waals surface area contributed by atoms with Gasteiger partial charge < -0.3 is 16.0 Å². The third-order valence-electron chi connectivity index (χ3n) is 5.50. The van der Waals surface area contributed by atoms with E-state index in [1.54, 1.807) is 18.3 Å². The summed E-state index contributed by atoms with van der Waals surface area (Å²) in [6, 6.07) is 14.5. The molecular weight excluding hydrogens is 450 g/mol. The summed E-state index contributed by atoms with van der Waals surface area (Å²) in [5.74, 6) is -2.13. The Morgan fingerprint density at radius 1 is 0.971 bits per heavy atom. The zero-order valence-electron chi connectivity index (χ0n) is 19.7. The van der Waals surface area contributed by atoms with E-state index in [4.69, 9.17) is 0 Å². The maximum absolute atomic E-state index is 13.7. The van der Waals surface area contributed by atoms with Crippen molar-refractivity contribution in [3.8, 4) is 0 Å². The first-order chi connectivity index (χ1) is 16.9. The van der Waals surface area contributed by atoms with Crippen LogP contribution in [0.4, 0.5) is 8.78 Å². The fraction of sp³-hybridized carbons (Fsp3) is 0.296. The number of carbonyl (C=O) groups excluding carboxylic acids is 2. The first kappa shape index (κ1) is 26.0. The lowest BCUT2D eigenvalue weighted by atomic mass is 10.0. The summed E-state index contributed by atoms with van der Waals surface area (Å²) in [6.45, 7) is 3.14. The third kappa shape index (κ3) is 8.90. The molecule has 0 aliphatic rings. The molecule has 0 radical (unpaired) electrons. The number of nitrogens with zero attached hydrogens (tertiary/aromatic N) is 1. The van der Waals surface area contributed by atoms with E-state index in [2.05, 4.69) is 40.0 Å². The molecule has 3 N–H and O–H groups in total. The summed E-state index contributed by atoms with van der Waals surface area (Å²) >= 11 is 0. The van der Waals surface area contributed by atoms with Crippen LogP contribution in [0.5, 0.6) is 0 Å². The topological polar surface area (TPSA) is 83.1 Å². The molecule has 0 aliphatic carbocycles. The molecular formula is C27H30F2N4O2. The van der Waals surface area contributed by atoms with Crippen LogP contribution in [0.3, 0.4) is 0 Å². The van der Waals surface area contributed by atoms with Crippen molar-refractivity contribution in [2.75, 3.05) is 13.1 Å². The number of pyridine rings is 1. The summed E-state index contributed by atoms with van der Waals surface area (Å²) in [5, 5.41) is 8.79. The zero-order chi connectivity index (χ0) is 25.0. The van der Waals surface area contributed by atoms with E-state index < -0.39 is 17.5 Å². The number of halogens is 2. The van der Waals surface area contributed by atoms with Crippen LogP contribution >= 0.6 is 0 Å². The van der Waals surface area contributed by atoms with Gasteiger partial charge in [-0.3, -0.25) is 14.6 Å². The van der Waals surface area contributed by atoms with Crippen LogP contribution in [0.15, 0.2) is 67.0 Å².